The van der Waals surface area contributed by atoms with Gasteiger partial charge in [-0.25, -0.2) is 4.39 Å². The van der Waals surface area contributed by atoms with Crippen LogP contribution in [0.25, 0.3) is 0 Å². The monoisotopic (exact) mass is 404 g/mol. The van der Waals surface area contributed by atoms with Crippen LogP contribution in [-0.2, 0) is 14.3 Å². The number of morpholine rings is 1. The van der Waals surface area contributed by atoms with Gasteiger partial charge in [0, 0.05) is 32.5 Å². The highest BCUT2D eigenvalue weighted by atomic mass is 19.1. The van der Waals surface area contributed by atoms with E-state index in [1.165, 1.54) is 17.0 Å². The summed E-state index contributed by atoms with van der Waals surface area (Å²) in [6, 6.07) is 6.37. The fourth-order valence-electron chi connectivity index (χ4n) is 3.72. The number of guanidine groups is 1. The van der Waals surface area contributed by atoms with E-state index < -0.39 is 0 Å². The number of piperidine rings is 1. The standard InChI is InChI=1S/C21H29FN4O3/c1-3-23-21(24-11-12-26-19(27)5-4-6-20(26)28)25-13-15(2)29-18(14-25)16-7-9-17(22)10-8-16/h7-10,15,18H,3-6,11-14H2,1-2H3,(H,23,24). The summed E-state index contributed by atoms with van der Waals surface area (Å²) >= 11 is 0. The minimum Gasteiger partial charge on any atom is -0.367 e. The Bertz CT molecular complexity index is 737. The van der Waals surface area contributed by atoms with E-state index in [2.05, 4.69) is 15.2 Å². The maximum atomic E-state index is 13.3. The predicted molar refractivity (Wildman–Crippen MR) is 108 cm³/mol. The van der Waals surface area contributed by atoms with Gasteiger partial charge in [-0.15, -0.1) is 0 Å². The van der Waals surface area contributed by atoms with Gasteiger partial charge in [-0.2, -0.15) is 0 Å². The molecule has 2 saturated heterocycles. The molecule has 7 nitrogen and oxygen atoms in total. The average molecular weight is 404 g/mol. The molecule has 2 aliphatic heterocycles. The van der Waals surface area contributed by atoms with Crippen LogP contribution in [0.2, 0.25) is 0 Å². The number of benzene rings is 1. The molecular formula is C21H29FN4O3. The Balaban J connectivity index is 1.67. The third kappa shape index (κ3) is 5.53. The molecule has 2 unspecified atom stereocenters. The highest BCUT2D eigenvalue weighted by molar-refractivity contribution is 5.97. The number of nitrogens with one attached hydrogen (secondary N) is 1. The molecule has 0 spiro atoms. The SMILES string of the molecule is CCNC(=NCCN1C(=O)CCCC1=O)N1CC(C)OC(c2ccc(F)cc2)C1. The topological polar surface area (TPSA) is 74.2 Å². The Morgan fingerprint density at radius 1 is 1.21 bits per heavy atom. The molecule has 2 fully saturated rings. The first-order valence-electron chi connectivity index (χ1n) is 10.2. The fourth-order valence-corrected chi connectivity index (χ4v) is 3.72. The summed E-state index contributed by atoms with van der Waals surface area (Å²) in [5, 5.41) is 3.29. The molecule has 0 aromatic heterocycles. The maximum Gasteiger partial charge on any atom is 0.229 e. The van der Waals surface area contributed by atoms with E-state index in [1.54, 1.807) is 12.1 Å². The second kappa shape index (κ2) is 9.82. The van der Waals surface area contributed by atoms with Gasteiger partial charge in [-0.05, 0) is 38.0 Å². The normalized spacial score (nSPS) is 23.5. The summed E-state index contributed by atoms with van der Waals surface area (Å²) in [4.78, 5) is 32.0. The summed E-state index contributed by atoms with van der Waals surface area (Å²) in [5.74, 6) is 0.230. The van der Waals surface area contributed by atoms with E-state index in [9.17, 15) is 14.0 Å². The lowest BCUT2D eigenvalue weighted by molar-refractivity contribution is -0.147. The first-order valence-corrected chi connectivity index (χ1v) is 10.2. The molecule has 1 N–H and O–H groups in total. The van der Waals surface area contributed by atoms with E-state index in [4.69, 9.17) is 4.74 Å². The summed E-state index contributed by atoms with van der Waals surface area (Å²) in [7, 11) is 0. The van der Waals surface area contributed by atoms with Crippen LogP contribution in [-0.4, -0.2) is 66.4 Å². The first-order chi connectivity index (χ1) is 14.0. The van der Waals surface area contributed by atoms with Crippen LogP contribution in [0.4, 0.5) is 4.39 Å². The molecule has 0 bridgehead atoms. The molecule has 0 saturated carbocycles. The van der Waals surface area contributed by atoms with E-state index in [0.717, 1.165) is 11.5 Å². The van der Waals surface area contributed by atoms with Gasteiger partial charge >= 0.3 is 0 Å². The van der Waals surface area contributed by atoms with Gasteiger partial charge in [0.2, 0.25) is 11.8 Å². The number of imide groups is 1. The van der Waals surface area contributed by atoms with Crippen molar-refractivity contribution in [3.05, 3.63) is 35.6 Å². The predicted octanol–water partition coefficient (Wildman–Crippen LogP) is 2.09. The number of hydrogen-bond acceptors (Lipinski definition) is 4. The molecule has 0 radical (unpaired) electrons. The summed E-state index contributed by atoms with van der Waals surface area (Å²) < 4.78 is 19.3. The number of carbonyl (C=O) groups is 2. The summed E-state index contributed by atoms with van der Waals surface area (Å²) in [6.07, 6.45) is 1.28. The molecule has 2 aliphatic rings. The lowest BCUT2D eigenvalue weighted by Gasteiger charge is -2.38. The Morgan fingerprint density at radius 3 is 2.55 bits per heavy atom. The van der Waals surface area contributed by atoms with Crippen molar-refractivity contribution >= 4 is 17.8 Å². The van der Waals surface area contributed by atoms with Gasteiger partial charge in [0.15, 0.2) is 5.96 Å². The van der Waals surface area contributed by atoms with Gasteiger partial charge < -0.3 is 15.0 Å². The van der Waals surface area contributed by atoms with E-state index in [1.807, 2.05) is 13.8 Å². The Labute approximate surface area is 170 Å². The van der Waals surface area contributed by atoms with Crippen LogP contribution in [0, 0.1) is 5.82 Å². The van der Waals surface area contributed by atoms with Crippen LogP contribution in [0.1, 0.15) is 44.8 Å². The minimum atomic E-state index is -0.272. The zero-order chi connectivity index (χ0) is 20.8. The van der Waals surface area contributed by atoms with Crippen molar-refractivity contribution in [2.24, 2.45) is 4.99 Å². The summed E-state index contributed by atoms with van der Waals surface area (Å²) in [5.41, 5.74) is 0.920. The highest BCUT2D eigenvalue weighted by Crippen LogP contribution is 2.25. The zero-order valence-corrected chi connectivity index (χ0v) is 17.1. The highest BCUT2D eigenvalue weighted by Gasteiger charge is 2.29. The fraction of sp³-hybridized carbons (Fsp3) is 0.571. The van der Waals surface area contributed by atoms with Crippen molar-refractivity contribution in [3.63, 3.8) is 0 Å². The number of halogens is 1. The molecule has 0 aliphatic carbocycles. The van der Waals surface area contributed by atoms with Gasteiger partial charge in [-0.1, -0.05) is 12.1 Å². The third-order valence-corrected chi connectivity index (χ3v) is 5.11. The molecule has 2 amide bonds. The van der Waals surface area contributed by atoms with E-state index >= 15 is 0 Å². The lowest BCUT2D eigenvalue weighted by atomic mass is 10.1. The molecule has 8 heteroatoms. The molecule has 3 rings (SSSR count). The van der Waals surface area contributed by atoms with Crippen LogP contribution >= 0.6 is 0 Å². The van der Waals surface area contributed by atoms with Crippen molar-refractivity contribution in [2.75, 3.05) is 32.7 Å². The molecule has 2 atom stereocenters. The van der Waals surface area contributed by atoms with Gasteiger partial charge in [0.05, 0.1) is 19.2 Å². The average Bonchev–Trinajstić information content (AvgIpc) is 2.69. The van der Waals surface area contributed by atoms with E-state index in [0.29, 0.717) is 52.0 Å². The summed E-state index contributed by atoms with van der Waals surface area (Å²) in [6.45, 7) is 6.61. The number of aliphatic imine (C=N–C) groups is 1. The number of nitrogens with zero attached hydrogens (tertiary/aromatic N) is 3. The Morgan fingerprint density at radius 2 is 1.90 bits per heavy atom. The number of rotatable bonds is 5. The van der Waals surface area contributed by atoms with Crippen molar-refractivity contribution in [2.45, 2.75) is 45.3 Å². The molecule has 2 heterocycles. The quantitative estimate of drug-likeness (QED) is 0.462. The smallest absolute Gasteiger partial charge is 0.229 e. The maximum absolute atomic E-state index is 13.3. The van der Waals surface area contributed by atoms with Gasteiger partial charge in [-0.3, -0.25) is 19.5 Å². The van der Waals surface area contributed by atoms with E-state index in [-0.39, 0.29) is 29.8 Å². The van der Waals surface area contributed by atoms with Crippen LogP contribution in [0.5, 0.6) is 0 Å². The Kier molecular flexibility index (Phi) is 7.19. The molecule has 158 valence electrons. The van der Waals surface area contributed by atoms with Crippen molar-refractivity contribution in [1.82, 2.24) is 15.1 Å². The number of likely N-dealkylation sites (tertiary alicyclic amines) is 1. The largest absolute Gasteiger partial charge is 0.367 e. The van der Waals surface area contributed by atoms with Crippen molar-refractivity contribution in [1.29, 1.82) is 0 Å². The number of ether oxygens (including phenoxy) is 1. The number of carbonyl (C=O) groups excluding carboxylic acids is 2. The second-order valence-electron chi connectivity index (χ2n) is 7.42. The molecule has 29 heavy (non-hydrogen) atoms. The molecule has 1 aromatic rings. The van der Waals surface area contributed by atoms with Crippen molar-refractivity contribution in [3.8, 4) is 0 Å². The van der Waals surface area contributed by atoms with Gasteiger partial charge in [0.1, 0.15) is 11.9 Å². The molecule has 1 aromatic carbocycles. The van der Waals surface area contributed by atoms with Crippen LogP contribution in [0.15, 0.2) is 29.3 Å². The minimum absolute atomic E-state index is 0.0205. The molecular weight excluding hydrogens is 375 g/mol. The first kappa shape index (κ1) is 21.2. The third-order valence-electron chi connectivity index (χ3n) is 5.11. The second-order valence-corrected chi connectivity index (χ2v) is 7.42. The van der Waals surface area contributed by atoms with Crippen LogP contribution < -0.4 is 5.32 Å². The Hall–Kier alpha value is -2.48. The van der Waals surface area contributed by atoms with Crippen LogP contribution in [0.3, 0.4) is 0 Å². The number of hydrogen-bond donors (Lipinski definition) is 1. The number of amides is 2. The zero-order valence-electron chi connectivity index (χ0n) is 17.1. The lowest BCUT2D eigenvalue weighted by Crippen LogP contribution is -2.51. The van der Waals surface area contributed by atoms with Crippen molar-refractivity contribution < 1.29 is 18.7 Å². The van der Waals surface area contributed by atoms with Gasteiger partial charge in [0.25, 0.3) is 0 Å².